The monoisotopic (exact) mass is 406 g/mol. The molecule has 0 saturated carbocycles. The Morgan fingerprint density at radius 1 is 1.33 bits per heavy atom. The predicted molar refractivity (Wildman–Crippen MR) is 112 cm³/mol. The molecule has 0 saturated heterocycles. The molecule has 3 rings (SSSR count). The molecule has 0 aromatic heterocycles. The van der Waals surface area contributed by atoms with Crippen molar-refractivity contribution in [2.75, 3.05) is 0 Å². The van der Waals surface area contributed by atoms with Gasteiger partial charge in [0, 0.05) is 5.56 Å². The zero-order valence-electron chi connectivity index (χ0n) is 17.1. The molecule has 1 heterocycles. The minimum absolute atomic E-state index is 0.0166. The standard InChI is InChI=1S/C22H23BN2O5/c1-13(2)20(22(27)29-11-15-6-5-7-17(10-15)24-4)25-21(26)18-9-8-16-12-30-23(28)19(16)14(18)3/h5-10,13,20,28H,11-12H2,1-3H3,(H,25,26)/t20-/m0/s1. The highest BCUT2D eigenvalue weighted by Gasteiger charge is 2.32. The van der Waals surface area contributed by atoms with Crippen LogP contribution in [0.3, 0.4) is 0 Å². The number of fused-ring (bicyclic) bond motifs is 1. The number of esters is 1. The lowest BCUT2D eigenvalue weighted by Crippen LogP contribution is -2.46. The van der Waals surface area contributed by atoms with Gasteiger partial charge >= 0.3 is 13.1 Å². The molecule has 0 bridgehead atoms. The van der Waals surface area contributed by atoms with E-state index in [4.69, 9.17) is 16.0 Å². The number of carbonyl (C=O) groups is 2. The normalized spacial score (nSPS) is 13.5. The molecule has 2 N–H and O–H groups in total. The zero-order chi connectivity index (χ0) is 21.8. The van der Waals surface area contributed by atoms with Gasteiger partial charge in [-0.1, -0.05) is 38.1 Å². The van der Waals surface area contributed by atoms with Crippen molar-refractivity contribution in [3.63, 3.8) is 0 Å². The fourth-order valence-corrected chi connectivity index (χ4v) is 3.43. The van der Waals surface area contributed by atoms with Crippen molar-refractivity contribution < 1.29 is 24.0 Å². The second kappa shape index (κ2) is 9.12. The molecule has 30 heavy (non-hydrogen) atoms. The summed E-state index contributed by atoms with van der Waals surface area (Å²) >= 11 is 0. The number of carbonyl (C=O) groups excluding carboxylic acids is 2. The summed E-state index contributed by atoms with van der Waals surface area (Å²) in [6.07, 6.45) is 0. The Bertz CT molecular complexity index is 1020. The number of hydrogen-bond acceptors (Lipinski definition) is 5. The summed E-state index contributed by atoms with van der Waals surface area (Å²) in [6.45, 7) is 12.8. The second-order valence-corrected chi connectivity index (χ2v) is 7.56. The van der Waals surface area contributed by atoms with Crippen LogP contribution >= 0.6 is 0 Å². The molecule has 0 radical (unpaired) electrons. The van der Waals surface area contributed by atoms with E-state index < -0.39 is 25.0 Å². The molecular weight excluding hydrogens is 383 g/mol. The summed E-state index contributed by atoms with van der Waals surface area (Å²) in [7, 11) is -1.05. The average molecular weight is 406 g/mol. The summed E-state index contributed by atoms with van der Waals surface area (Å²) < 4.78 is 10.6. The number of hydrogen-bond donors (Lipinski definition) is 2. The van der Waals surface area contributed by atoms with E-state index in [-0.39, 0.29) is 12.5 Å². The Hall–Kier alpha value is -3.15. The number of nitrogens with one attached hydrogen (secondary N) is 1. The highest BCUT2D eigenvalue weighted by atomic mass is 16.5. The van der Waals surface area contributed by atoms with Crippen molar-refractivity contribution in [1.29, 1.82) is 0 Å². The van der Waals surface area contributed by atoms with E-state index in [0.29, 0.717) is 34.4 Å². The molecule has 0 unspecified atom stereocenters. The zero-order valence-corrected chi connectivity index (χ0v) is 17.1. The number of rotatable bonds is 6. The fourth-order valence-electron chi connectivity index (χ4n) is 3.43. The first kappa shape index (κ1) is 21.6. The van der Waals surface area contributed by atoms with E-state index in [1.54, 1.807) is 43.3 Å². The van der Waals surface area contributed by atoms with Crippen LogP contribution in [0.1, 0.15) is 40.9 Å². The van der Waals surface area contributed by atoms with Gasteiger partial charge in [0.05, 0.1) is 13.2 Å². The highest BCUT2D eigenvalue weighted by molar-refractivity contribution is 6.62. The van der Waals surface area contributed by atoms with Gasteiger partial charge < -0.3 is 19.7 Å². The lowest BCUT2D eigenvalue weighted by Gasteiger charge is -2.22. The van der Waals surface area contributed by atoms with Crippen molar-refractivity contribution in [3.05, 3.63) is 70.1 Å². The van der Waals surface area contributed by atoms with E-state index in [2.05, 4.69) is 10.2 Å². The number of benzene rings is 2. The largest absolute Gasteiger partial charge is 0.492 e. The highest BCUT2D eigenvalue weighted by Crippen LogP contribution is 2.18. The third-order valence-corrected chi connectivity index (χ3v) is 5.12. The van der Waals surface area contributed by atoms with Gasteiger partial charge in [0.1, 0.15) is 12.6 Å². The van der Waals surface area contributed by atoms with E-state index in [1.165, 1.54) is 0 Å². The van der Waals surface area contributed by atoms with Crippen LogP contribution in [0.4, 0.5) is 5.69 Å². The molecule has 0 aliphatic carbocycles. The molecule has 0 spiro atoms. The molecule has 1 atom stereocenters. The van der Waals surface area contributed by atoms with Crippen LogP contribution < -0.4 is 10.8 Å². The van der Waals surface area contributed by atoms with E-state index in [9.17, 15) is 14.6 Å². The molecule has 2 aromatic carbocycles. The molecule has 2 aromatic rings. The van der Waals surface area contributed by atoms with Crippen LogP contribution in [0.2, 0.25) is 0 Å². The Morgan fingerprint density at radius 3 is 2.80 bits per heavy atom. The third kappa shape index (κ3) is 4.53. The molecule has 1 amide bonds. The van der Waals surface area contributed by atoms with Crippen molar-refractivity contribution in [3.8, 4) is 0 Å². The van der Waals surface area contributed by atoms with Gasteiger partial charge in [-0.25, -0.2) is 9.64 Å². The average Bonchev–Trinajstić information content (AvgIpc) is 3.11. The van der Waals surface area contributed by atoms with Gasteiger partial charge in [0.25, 0.3) is 5.91 Å². The van der Waals surface area contributed by atoms with Crippen LogP contribution in [-0.4, -0.2) is 30.1 Å². The molecule has 154 valence electrons. The van der Waals surface area contributed by atoms with Crippen molar-refractivity contribution in [1.82, 2.24) is 5.32 Å². The van der Waals surface area contributed by atoms with Gasteiger partial charge in [-0.15, -0.1) is 0 Å². The van der Waals surface area contributed by atoms with Crippen LogP contribution in [-0.2, 0) is 27.4 Å². The van der Waals surface area contributed by atoms with Gasteiger partial charge in [0.15, 0.2) is 5.69 Å². The van der Waals surface area contributed by atoms with Crippen LogP contribution in [0, 0.1) is 19.4 Å². The third-order valence-electron chi connectivity index (χ3n) is 5.12. The first-order chi connectivity index (χ1) is 14.3. The second-order valence-electron chi connectivity index (χ2n) is 7.56. The van der Waals surface area contributed by atoms with Crippen molar-refractivity contribution in [2.24, 2.45) is 5.92 Å². The predicted octanol–water partition coefficient (Wildman–Crippen LogP) is 2.26. The van der Waals surface area contributed by atoms with E-state index >= 15 is 0 Å². The van der Waals surface area contributed by atoms with Gasteiger partial charge in [-0.3, -0.25) is 4.79 Å². The molecule has 1 aliphatic heterocycles. The molecular formula is C22H23BN2O5. The Kier molecular flexibility index (Phi) is 6.55. The quantitative estimate of drug-likeness (QED) is 0.437. The summed E-state index contributed by atoms with van der Waals surface area (Å²) in [5, 5.41) is 12.7. The summed E-state index contributed by atoms with van der Waals surface area (Å²) in [5.74, 6) is -1.16. The van der Waals surface area contributed by atoms with Crippen molar-refractivity contribution in [2.45, 2.75) is 40.0 Å². The first-order valence-corrected chi connectivity index (χ1v) is 9.67. The maximum Gasteiger partial charge on any atom is 0.492 e. The van der Waals surface area contributed by atoms with Gasteiger partial charge in [-0.2, -0.15) is 0 Å². The summed E-state index contributed by atoms with van der Waals surface area (Å²) in [5.41, 5.74) is 3.62. The SMILES string of the molecule is [C-]#[N+]c1cccc(COC(=O)[C@@H](NC(=O)c2ccc3c(c2C)B(O)OC3)C(C)C)c1. The number of amides is 1. The van der Waals surface area contributed by atoms with Crippen LogP contribution in [0.5, 0.6) is 0 Å². The number of nitrogens with zero attached hydrogens (tertiary/aromatic N) is 1. The lowest BCUT2D eigenvalue weighted by molar-refractivity contribution is -0.148. The Morgan fingerprint density at radius 2 is 2.10 bits per heavy atom. The Balaban J connectivity index is 1.71. The van der Waals surface area contributed by atoms with E-state index in [1.807, 2.05) is 13.8 Å². The maximum absolute atomic E-state index is 12.9. The first-order valence-electron chi connectivity index (χ1n) is 9.67. The molecule has 1 aliphatic rings. The lowest BCUT2D eigenvalue weighted by atomic mass is 9.75. The molecule has 8 heteroatoms. The molecule has 7 nitrogen and oxygen atoms in total. The van der Waals surface area contributed by atoms with Gasteiger partial charge in [-0.05, 0) is 47.1 Å². The number of ether oxygens (including phenoxy) is 1. The topological polar surface area (TPSA) is 89.2 Å². The maximum atomic E-state index is 12.9. The van der Waals surface area contributed by atoms with Gasteiger partial charge in [0.2, 0.25) is 0 Å². The minimum atomic E-state index is -1.05. The fraction of sp³-hybridized carbons (Fsp3) is 0.318. The summed E-state index contributed by atoms with van der Waals surface area (Å²) in [6, 6.07) is 9.42. The molecule has 0 fully saturated rings. The smallest absolute Gasteiger partial charge is 0.459 e. The van der Waals surface area contributed by atoms with Crippen LogP contribution in [0.15, 0.2) is 36.4 Å². The summed E-state index contributed by atoms with van der Waals surface area (Å²) in [4.78, 5) is 28.9. The van der Waals surface area contributed by atoms with Crippen molar-refractivity contribution >= 4 is 30.1 Å². The minimum Gasteiger partial charge on any atom is -0.459 e. The van der Waals surface area contributed by atoms with E-state index in [0.717, 1.165) is 5.56 Å². The van der Waals surface area contributed by atoms with Crippen LogP contribution in [0.25, 0.3) is 4.85 Å². The Labute approximate surface area is 176 Å².